The maximum absolute atomic E-state index is 9.47. The van der Waals surface area contributed by atoms with E-state index in [-0.39, 0.29) is 0 Å². The van der Waals surface area contributed by atoms with Crippen molar-refractivity contribution in [2.24, 2.45) is 0 Å². The van der Waals surface area contributed by atoms with Gasteiger partial charge in [-0.2, -0.15) is 0 Å². The molecular weight excluding hydrogens is 174 g/mol. The first-order chi connectivity index (χ1) is 6.84. The highest BCUT2D eigenvalue weighted by Crippen LogP contribution is 2.39. The first-order valence-electron chi connectivity index (χ1n) is 5.40. The summed E-state index contributed by atoms with van der Waals surface area (Å²) in [7, 11) is 0. The van der Waals surface area contributed by atoms with Crippen molar-refractivity contribution in [1.82, 2.24) is 4.90 Å². The second-order valence-corrected chi connectivity index (χ2v) is 4.33. The third-order valence-electron chi connectivity index (χ3n) is 3.51. The zero-order valence-corrected chi connectivity index (χ0v) is 8.24. The fourth-order valence-electron chi connectivity index (χ4n) is 2.60. The summed E-state index contributed by atoms with van der Waals surface area (Å²) >= 11 is 0. The number of aromatic hydroxyl groups is 1. The van der Waals surface area contributed by atoms with Gasteiger partial charge in [0.2, 0.25) is 0 Å². The summed E-state index contributed by atoms with van der Waals surface area (Å²) in [6.07, 6.45) is 3.75. The first-order valence-corrected chi connectivity index (χ1v) is 5.40. The Morgan fingerprint density at radius 2 is 2.14 bits per heavy atom. The molecule has 1 aliphatic heterocycles. The standard InChI is InChI=1S/C12H15NO/c14-10-4-2-9-3-5-12(11(9)8-10)13-6-1-7-13/h2,4,8,12,14H,1,3,5-7H2. The molecule has 0 aromatic heterocycles. The summed E-state index contributed by atoms with van der Waals surface area (Å²) in [6, 6.07) is 6.42. The Hall–Kier alpha value is -1.02. The molecule has 0 spiro atoms. The van der Waals surface area contributed by atoms with Gasteiger partial charge < -0.3 is 5.11 Å². The highest BCUT2D eigenvalue weighted by atomic mass is 16.3. The van der Waals surface area contributed by atoms with Gasteiger partial charge in [0.1, 0.15) is 5.75 Å². The van der Waals surface area contributed by atoms with Gasteiger partial charge in [0, 0.05) is 6.04 Å². The van der Waals surface area contributed by atoms with E-state index >= 15 is 0 Å². The molecule has 74 valence electrons. The van der Waals surface area contributed by atoms with Crippen molar-refractivity contribution < 1.29 is 5.11 Å². The molecule has 1 heterocycles. The second-order valence-electron chi connectivity index (χ2n) is 4.33. The summed E-state index contributed by atoms with van der Waals surface area (Å²) in [6.45, 7) is 2.47. The predicted molar refractivity (Wildman–Crippen MR) is 55.4 cm³/mol. The molecule has 0 amide bonds. The van der Waals surface area contributed by atoms with Crippen molar-refractivity contribution in [3.05, 3.63) is 29.3 Å². The van der Waals surface area contributed by atoms with Crippen molar-refractivity contribution in [2.75, 3.05) is 13.1 Å². The van der Waals surface area contributed by atoms with Crippen LogP contribution in [0.5, 0.6) is 5.75 Å². The lowest BCUT2D eigenvalue weighted by atomic mass is 10.0. The normalized spacial score (nSPS) is 25.9. The van der Waals surface area contributed by atoms with Crippen LogP contribution in [0, 0.1) is 0 Å². The molecule has 14 heavy (non-hydrogen) atoms. The molecule has 0 saturated carbocycles. The lowest BCUT2D eigenvalue weighted by Crippen LogP contribution is -2.39. The molecular formula is C12H15NO. The minimum Gasteiger partial charge on any atom is -0.508 e. The van der Waals surface area contributed by atoms with Crippen molar-refractivity contribution in [3.63, 3.8) is 0 Å². The van der Waals surface area contributed by atoms with Crippen LogP contribution in [0.1, 0.15) is 30.0 Å². The second kappa shape index (κ2) is 2.99. The zero-order chi connectivity index (χ0) is 9.54. The highest BCUT2D eigenvalue weighted by molar-refractivity contribution is 5.40. The number of benzene rings is 1. The van der Waals surface area contributed by atoms with Gasteiger partial charge >= 0.3 is 0 Å². The molecule has 1 aromatic carbocycles. The summed E-state index contributed by atoms with van der Waals surface area (Å²) in [5, 5.41) is 9.47. The monoisotopic (exact) mass is 189 g/mol. The minimum absolute atomic E-state index is 0.413. The largest absolute Gasteiger partial charge is 0.508 e. The van der Waals surface area contributed by atoms with Crippen LogP contribution in [0.2, 0.25) is 0 Å². The molecule has 0 radical (unpaired) electrons. The molecule has 1 aliphatic carbocycles. The third-order valence-corrected chi connectivity index (χ3v) is 3.51. The number of aryl methyl sites for hydroxylation is 1. The number of rotatable bonds is 1. The molecule has 1 aromatic rings. The lowest BCUT2D eigenvalue weighted by molar-refractivity contribution is 0.118. The van der Waals surface area contributed by atoms with Gasteiger partial charge in [-0.05, 0) is 55.6 Å². The number of hydrogen-bond acceptors (Lipinski definition) is 2. The van der Waals surface area contributed by atoms with Crippen molar-refractivity contribution in [3.8, 4) is 5.75 Å². The van der Waals surface area contributed by atoms with E-state index < -0.39 is 0 Å². The first kappa shape index (κ1) is 8.30. The van der Waals surface area contributed by atoms with E-state index in [9.17, 15) is 5.11 Å². The Labute approximate surface area is 84.2 Å². The van der Waals surface area contributed by atoms with Gasteiger partial charge in [0.05, 0.1) is 0 Å². The molecule has 0 bridgehead atoms. The molecule has 1 fully saturated rings. The molecule has 1 saturated heterocycles. The number of fused-ring (bicyclic) bond motifs is 1. The average Bonchev–Trinajstić information content (AvgIpc) is 2.46. The topological polar surface area (TPSA) is 23.5 Å². The number of likely N-dealkylation sites (tertiary alicyclic amines) is 1. The maximum Gasteiger partial charge on any atom is 0.115 e. The number of phenols is 1. The zero-order valence-electron chi connectivity index (χ0n) is 8.24. The summed E-state index contributed by atoms with van der Waals surface area (Å²) in [4.78, 5) is 2.52. The van der Waals surface area contributed by atoms with Crippen LogP contribution in [-0.2, 0) is 6.42 Å². The van der Waals surface area contributed by atoms with Crippen molar-refractivity contribution in [1.29, 1.82) is 0 Å². The Bertz CT molecular complexity index is 357. The minimum atomic E-state index is 0.413. The number of nitrogens with zero attached hydrogens (tertiary/aromatic N) is 1. The van der Waals surface area contributed by atoms with Crippen molar-refractivity contribution in [2.45, 2.75) is 25.3 Å². The average molecular weight is 189 g/mol. The molecule has 2 aliphatic rings. The third kappa shape index (κ3) is 1.14. The van der Waals surface area contributed by atoms with Gasteiger partial charge in [-0.1, -0.05) is 6.07 Å². The van der Waals surface area contributed by atoms with Crippen LogP contribution < -0.4 is 0 Å². The van der Waals surface area contributed by atoms with Crippen LogP contribution in [0.25, 0.3) is 0 Å². The van der Waals surface area contributed by atoms with Crippen molar-refractivity contribution >= 4 is 0 Å². The summed E-state index contributed by atoms with van der Waals surface area (Å²) in [5.41, 5.74) is 2.80. The Morgan fingerprint density at radius 1 is 1.29 bits per heavy atom. The molecule has 1 unspecified atom stereocenters. The molecule has 2 nitrogen and oxygen atoms in total. The van der Waals surface area contributed by atoms with Crippen LogP contribution in [0.4, 0.5) is 0 Å². The van der Waals surface area contributed by atoms with E-state index in [4.69, 9.17) is 0 Å². The predicted octanol–water partition coefficient (Wildman–Crippen LogP) is 2.09. The van der Waals surface area contributed by atoms with E-state index in [1.54, 1.807) is 6.07 Å². The fraction of sp³-hybridized carbons (Fsp3) is 0.500. The van der Waals surface area contributed by atoms with E-state index in [0.29, 0.717) is 11.8 Å². The maximum atomic E-state index is 9.47. The Balaban J connectivity index is 1.95. The smallest absolute Gasteiger partial charge is 0.115 e. The lowest BCUT2D eigenvalue weighted by Gasteiger charge is -2.36. The quantitative estimate of drug-likeness (QED) is 0.731. The van der Waals surface area contributed by atoms with Crippen LogP contribution >= 0.6 is 0 Å². The molecule has 1 N–H and O–H groups in total. The molecule has 1 atom stereocenters. The summed E-state index contributed by atoms with van der Waals surface area (Å²) < 4.78 is 0. The van der Waals surface area contributed by atoms with Gasteiger partial charge in [0.15, 0.2) is 0 Å². The molecule has 2 heteroatoms. The molecule has 3 rings (SSSR count). The van der Waals surface area contributed by atoms with Gasteiger partial charge in [-0.3, -0.25) is 4.90 Å². The summed E-state index contributed by atoms with van der Waals surface area (Å²) in [5.74, 6) is 0.413. The number of hydrogen-bond donors (Lipinski definition) is 1. The van der Waals surface area contributed by atoms with Crippen LogP contribution in [-0.4, -0.2) is 23.1 Å². The van der Waals surface area contributed by atoms with E-state index in [2.05, 4.69) is 11.0 Å². The van der Waals surface area contributed by atoms with Crippen LogP contribution in [0.15, 0.2) is 18.2 Å². The van der Waals surface area contributed by atoms with Gasteiger partial charge in [0.25, 0.3) is 0 Å². The van der Waals surface area contributed by atoms with Gasteiger partial charge in [-0.15, -0.1) is 0 Å². The fourth-order valence-corrected chi connectivity index (χ4v) is 2.60. The Kier molecular flexibility index (Phi) is 1.77. The SMILES string of the molecule is Oc1ccc2c(c1)C(N1CCC1)CC2. The van der Waals surface area contributed by atoms with E-state index in [1.807, 2.05) is 6.07 Å². The van der Waals surface area contributed by atoms with E-state index in [0.717, 1.165) is 0 Å². The van der Waals surface area contributed by atoms with Crippen LogP contribution in [0.3, 0.4) is 0 Å². The highest BCUT2D eigenvalue weighted by Gasteiger charge is 2.30. The number of phenolic OH excluding ortho intramolecular Hbond substituents is 1. The van der Waals surface area contributed by atoms with E-state index in [1.165, 1.54) is 43.5 Å². The van der Waals surface area contributed by atoms with Gasteiger partial charge in [-0.25, -0.2) is 0 Å². The Morgan fingerprint density at radius 3 is 2.86 bits per heavy atom.